The Labute approximate surface area is 99.1 Å². The maximum absolute atomic E-state index is 11.2. The van der Waals surface area contributed by atoms with Crippen molar-refractivity contribution in [3.05, 3.63) is 36.2 Å². The first-order valence-electron chi connectivity index (χ1n) is 5.23. The molecule has 5 heteroatoms. The van der Waals surface area contributed by atoms with Crippen LogP contribution in [-0.4, -0.2) is 27.8 Å². The average molecular weight is 231 g/mol. The van der Waals surface area contributed by atoms with Gasteiger partial charge in [-0.2, -0.15) is 5.10 Å². The number of methoxy groups -OCH3 is 1. The van der Waals surface area contributed by atoms with E-state index in [1.807, 2.05) is 31.2 Å². The van der Waals surface area contributed by atoms with E-state index >= 15 is 0 Å². The number of esters is 1. The smallest absolute Gasteiger partial charge is 0.327 e. The van der Waals surface area contributed by atoms with Crippen molar-refractivity contribution in [2.24, 2.45) is 0 Å². The van der Waals surface area contributed by atoms with Crippen LogP contribution in [0.2, 0.25) is 0 Å². The molecule has 0 fully saturated rings. The minimum atomic E-state index is -0.316. The third-order valence-corrected chi connectivity index (χ3v) is 2.42. The maximum Gasteiger partial charge on any atom is 0.327 e. The fourth-order valence-corrected chi connectivity index (χ4v) is 1.50. The topological polar surface area (TPSA) is 57.0 Å². The Morgan fingerprint density at radius 2 is 2.24 bits per heavy atom. The standard InChI is InChI=1S/C12H13N3O2/c1-9-7-11(10-5-3-4-6-13-10)14-15(9)8-12(16)17-2/h3-7H,8H2,1-2H3. The molecule has 2 rings (SSSR count). The summed E-state index contributed by atoms with van der Waals surface area (Å²) in [6.45, 7) is 2.01. The molecule has 0 aromatic carbocycles. The van der Waals surface area contributed by atoms with Crippen molar-refractivity contribution in [1.82, 2.24) is 14.8 Å². The van der Waals surface area contributed by atoms with Crippen LogP contribution in [0.3, 0.4) is 0 Å². The summed E-state index contributed by atoms with van der Waals surface area (Å²) in [6.07, 6.45) is 1.71. The van der Waals surface area contributed by atoms with E-state index in [0.29, 0.717) is 0 Å². The molecule has 0 N–H and O–H groups in total. The van der Waals surface area contributed by atoms with Crippen molar-refractivity contribution in [2.75, 3.05) is 7.11 Å². The molecule has 2 heterocycles. The van der Waals surface area contributed by atoms with E-state index in [2.05, 4.69) is 14.8 Å². The van der Waals surface area contributed by atoms with Gasteiger partial charge in [0.25, 0.3) is 0 Å². The second-order valence-corrected chi connectivity index (χ2v) is 3.62. The van der Waals surface area contributed by atoms with E-state index in [1.165, 1.54) is 7.11 Å². The number of carbonyl (C=O) groups excluding carboxylic acids is 1. The number of hydrogen-bond donors (Lipinski definition) is 0. The molecule has 17 heavy (non-hydrogen) atoms. The highest BCUT2D eigenvalue weighted by Gasteiger charge is 2.10. The number of ether oxygens (including phenoxy) is 1. The Balaban J connectivity index is 2.28. The summed E-state index contributed by atoms with van der Waals surface area (Å²) in [5.41, 5.74) is 2.45. The summed E-state index contributed by atoms with van der Waals surface area (Å²) in [5, 5.41) is 4.32. The third kappa shape index (κ3) is 2.50. The van der Waals surface area contributed by atoms with Gasteiger partial charge in [0, 0.05) is 11.9 Å². The quantitative estimate of drug-likeness (QED) is 0.750. The van der Waals surface area contributed by atoms with E-state index in [4.69, 9.17) is 0 Å². The number of nitrogens with zero attached hydrogens (tertiary/aromatic N) is 3. The van der Waals surface area contributed by atoms with Crippen molar-refractivity contribution in [1.29, 1.82) is 0 Å². The highest BCUT2D eigenvalue weighted by Crippen LogP contribution is 2.15. The zero-order valence-electron chi connectivity index (χ0n) is 9.75. The minimum absolute atomic E-state index is 0.120. The van der Waals surface area contributed by atoms with E-state index in [1.54, 1.807) is 10.9 Å². The molecule has 88 valence electrons. The van der Waals surface area contributed by atoms with Gasteiger partial charge in [0.1, 0.15) is 12.2 Å². The molecule has 0 aliphatic carbocycles. The average Bonchev–Trinajstić information content (AvgIpc) is 2.72. The van der Waals surface area contributed by atoms with Crippen LogP contribution in [0.25, 0.3) is 11.4 Å². The Hall–Kier alpha value is -2.17. The summed E-state index contributed by atoms with van der Waals surface area (Å²) in [4.78, 5) is 15.4. The van der Waals surface area contributed by atoms with Crippen LogP contribution in [-0.2, 0) is 16.1 Å². The lowest BCUT2D eigenvalue weighted by molar-refractivity contribution is -0.141. The lowest BCUT2D eigenvalue weighted by Gasteiger charge is -2.01. The van der Waals surface area contributed by atoms with Crippen LogP contribution in [0.15, 0.2) is 30.5 Å². The molecule has 5 nitrogen and oxygen atoms in total. The largest absolute Gasteiger partial charge is 0.468 e. The van der Waals surface area contributed by atoms with Crippen LogP contribution in [0.4, 0.5) is 0 Å². The summed E-state index contributed by atoms with van der Waals surface area (Å²) < 4.78 is 6.22. The molecule has 0 radical (unpaired) electrons. The van der Waals surface area contributed by atoms with Gasteiger partial charge < -0.3 is 4.74 Å². The van der Waals surface area contributed by atoms with Gasteiger partial charge in [-0.3, -0.25) is 14.5 Å². The molecule has 0 amide bonds. The first kappa shape index (κ1) is 11.3. The molecular formula is C12H13N3O2. The molecule has 0 spiro atoms. The van der Waals surface area contributed by atoms with E-state index in [-0.39, 0.29) is 12.5 Å². The van der Waals surface area contributed by atoms with Crippen LogP contribution < -0.4 is 0 Å². The number of aromatic nitrogens is 3. The van der Waals surface area contributed by atoms with Gasteiger partial charge in [-0.25, -0.2) is 0 Å². The molecule has 2 aromatic rings. The Bertz CT molecular complexity index is 520. The van der Waals surface area contributed by atoms with Gasteiger partial charge in [-0.15, -0.1) is 0 Å². The normalized spacial score (nSPS) is 10.2. The van der Waals surface area contributed by atoms with Gasteiger partial charge in [-0.05, 0) is 25.1 Å². The monoisotopic (exact) mass is 231 g/mol. The molecule has 0 unspecified atom stereocenters. The van der Waals surface area contributed by atoms with Crippen LogP contribution in [0, 0.1) is 6.92 Å². The van der Waals surface area contributed by atoms with Gasteiger partial charge in [-0.1, -0.05) is 6.07 Å². The second kappa shape index (κ2) is 4.78. The third-order valence-electron chi connectivity index (χ3n) is 2.42. The van der Waals surface area contributed by atoms with Crippen molar-refractivity contribution < 1.29 is 9.53 Å². The van der Waals surface area contributed by atoms with Crippen molar-refractivity contribution in [3.8, 4) is 11.4 Å². The van der Waals surface area contributed by atoms with Crippen molar-refractivity contribution in [3.63, 3.8) is 0 Å². The SMILES string of the molecule is COC(=O)Cn1nc(-c2ccccn2)cc1C. The molecule has 0 saturated heterocycles. The number of rotatable bonds is 3. The van der Waals surface area contributed by atoms with E-state index in [9.17, 15) is 4.79 Å². The van der Waals surface area contributed by atoms with Crippen LogP contribution in [0.5, 0.6) is 0 Å². The number of aryl methyl sites for hydroxylation is 1. The lowest BCUT2D eigenvalue weighted by atomic mass is 10.2. The van der Waals surface area contributed by atoms with Gasteiger partial charge >= 0.3 is 5.97 Å². The van der Waals surface area contributed by atoms with Crippen LogP contribution in [0.1, 0.15) is 5.69 Å². The predicted molar refractivity (Wildman–Crippen MR) is 62.2 cm³/mol. The zero-order chi connectivity index (χ0) is 12.3. The zero-order valence-corrected chi connectivity index (χ0v) is 9.75. The molecular weight excluding hydrogens is 218 g/mol. The summed E-state index contributed by atoms with van der Waals surface area (Å²) in [5.74, 6) is -0.316. The Kier molecular flexibility index (Phi) is 3.18. The molecule has 0 saturated carbocycles. The summed E-state index contributed by atoms with van der Waals surface area (Å²) >= 11 is 0. The number of pyridine rings is 1. The van der Waals surface area contributed by atoms with Crippen molar-refractivity contribution >= 4 is 5.97 Å². The van der Waals surface area contributed by atoms with Gasteiger partial charge in [0.15, 0.2) is 0 Å². The fourth-order valence-electron chi connectivity index (χ4n) is 1.50. The number of hydrogen-bond acceptors (Lipinski definition) is 4. The summed E-state index contributed by atoms with van der Waals surface area (Å²) in [6, 6.07) is 7.52. The van der Waals surface area contributed by atoms with E-state index in [0.717, 1.165) is 17.1 Å². The van der Waals surface area contributed by atoms with Crippen LogP contribution >= 0.6 is 0 Å². The predicted octanol–water partition coefficient (Wildman–Crippen LogP) is 1.43. The first-order chi connectivity index (χ1) is 8.20. The molecule has 0 aliphatic rings. The molecule has 0 atom stereocenters. The summed E-state index contributed by atoms with van der Waals surface area (Å²) in [7, 11) is 1.36. The van der Waals surface area contributed by atoms with E-state index < -0.39 is 0 Å². The second-order valence-electron chi connectivity index (χ2n) is 3.62. The highest BCUT2D eigenvalue weighted by molar-refractivity contribution is 5.69. The maximum atomic E-state index is 11.2. The van der Waals surface area contributed by atoms with Gasteiger partial charge in [0.05, 0.1) is 12.8 Å². The van der Waals surface area contributed by atoms with Gasteiger partial charge in [0.2, 0.25) is 0 Å². The number of carbonyl (C=O) groups is 1. The first-order valence-corrected chi connectivity index (χ1v) is 5.23. The lowest BCUT2D eigenvalue weighted by Crippen LogP contribution is -2.13. The van der Waals surface area contributed by atoms with Crippen molar-refractivity contribution in [2.45, 2.75) is 13.5 Å². The Morgan fingerprint density at radius 1 is 1.41 bits per heavy atom. The minimum Gasteiger partial charge on any atom is -0.468 e. The molecule has 0 aliphatic heterocycles. The molecule has 0 bridgehead atoms. The molecule has 2 aromatic heterocycles. The fraction of sp³-hybridized carbons (Fsp3) is 0.250. The highest BCUT2D eigenvalue weighted by atomic mass is 16.5. The Morgan fingerprint density at radius 3 is 2.88 bits per heavy atom.